The van der Waals surface area contributed by atoms with E-state index >= 15 is 0 Å². The normalized spacial score (nSPS) is 8.86. The molecule has 14 heavy (non-hydrogen) atoms. The van der Waals surface area contributed by atoms with Gasteiger partial charge in [-0.3, -0.25) is 14.9 Å². The van der Waals surface area contributed by atoms with Crippen LogP contribution < -0.4 is 10.6 Å². The van der Waals surface area contributed by atoms with Crippen LogP contribution in [0.25, 0.3) is 0 Å². The second-order valence-electron chi connectivity index (χ2n) is 2.78. The fourth-order valence-electron chi connectivity index (χ4n) is 0.546. The molecule has 0 radical (unpaired) electrons. The lowest BCUT2D eigenvalue weighted by atomic mass is 10.5. The van der Waals surface area contributed by atoms with Crippen molar-refractivity contribution in [3.05, 3.63) is 0 Å². The fraction of sp³-hybridized carbons (Fsp3) is 0.778. The van der Waals surface area contributed by atoms with Gasteiger partial charge in [-0.25, -0.2) is 0 Å². The maximum atomic E-state index is 10.2. The van der Waals surface area contributed by atoms with Gasteiger partial charge in [-0.15, -0.1) is 0 Å². The smallest absolute Gasteiger partial charge is 0.155 e. The quantitative estimate of drug-likeness (QED) is 0.453. The molecule has 0 aliphatic heterocycles. The van der Waals surface area contributed by atoms with E-state index in [2.05, 4.69) is 10.6 Å². The zero-order chi connectivity index (χ0) is 11.4. The molecule has 0 amide bonds. The van der Waals surface area contributed by atoms with E-state index in [-0.39, 0.29) is 18.2 Å². The van der Waals surface area contributed by atoms with Crippen molar-refractivity contribution in [1.29, 1.82) is 0 Å². The SMILES string of the molecule is CNCC(C)=O.CNCOCC(C)=O. The summed E-state index contributed by atoms with van der Waals surface area (Å²) in [4.78, 5) is 20.1. The Morgan fingerprint density at radius 2 is 1.64 bits per heavy atom. The van der Waals surface area contributed by atoms with E-state index in [4.69, 9.17) is 4.74 Å². The zero-order valence-electron chi connectivity index (χ0n) is 9.35. The molecule has 0 aromatic heterocycles. The summed E-state index contributed by atoms with van der Waals surface area (Å²) in [7, 11) is 3.52. The molecule has 0 saturated heterocycles. The van der Waals surface area contributed by atoms with Crippen molar-refractivity contribution < 1.29 is 14.3 Å². The van der Waals surface area contributed by atoms with Crippen molar-refractivity contribution in [2.24, 2.45) is 0 Å². The van der Waals surface area contributed by atoms with Gasteiger partial charge in [0.1, 0.15) is 12.4 Å². The molecule has 2 N–H and O–H groups in total. The standard InChI is InChI=1S/C5H11NO2.C4H9NO/c1-5(7)3-8-4-6-2;1-4(6)3-5-2/h6H,3-4H2,1-2H3;5H,3H2,1-2H3. The third kappa shape index (κ3) is 22.5. The predicted octanol–water partition coefficient (Wildman–Crippen LogP) is -0.436. The molecular weight excluding hydrogens is 184 g/mol. The summed E-state index contributed by atoms with van der Waals surface area (Å²) in [5, 5.41) is 5.47. The summed E-state index contributed by atoms with van der Waals surface area (Å²) in [5.74, 6) is 0.234. The third-order valence-electron chi connectivity index (χ3n) is 0.977. The molecule has 0 atom stereocenters. The molecule has 5 heteroatoms. The highest BCUT2D eigenvalue weighted by molar-refractivity contribution is 5.77. The summed E-state index contributed by atoms with van der Waals surface area (Å²) in [6.45, 7) is 4.19. The van der Waals surface area contributed by atoms with Gasteiger partial charge in [-0.05, 0) is 27.9 Å². The summed E-state index contributed by atoms with van der Waals surface area (Å²) in [6, 6.07) is 0. The van der Waals surface area contributed by atoms with Crippen LogP contribution in [0, 0.1) is 0 Å². The van der Waals surface area contributed by atoms with Crippen LogP contribution in [0.3, 0.4) is 0 Å². The molecule has 5 nitrogen and oxygen atoms in total. The molecule has 84 valence electrons. The van der Waals surface area contributed by atoms with Crippen LogP contribution in [-0.4, -0.2) is 45.5 Å². The van der Waals surface area contributed by atoms with Crippen LogP contribution in [0.5, 0.6) is 0 Å². The minimum Gasteiger partial charge on any atom is -0.359 e. The zero-order valence-corrected chi connectivity index (χ0v) is 9.35. The van der Waals surface area contributed by atoms with E-state index in [9.17, 15) is 9.59 Å². The van der Waals surface area contributed by atoms with Gasteiger partial charge in [-0.2, -0.15) is 0 Å². The molecule has 0 unspecified atom stereocenters. The minimum absolute atomic E-state index is 0.0558. The first kappa shape index (κ1) is 15.7. The number of hydrogen-bond acceptors (Lipinski definition) is 5. The second kappa shape index (κ2) is 12.2. The summed E-state index contributed by atoms with van der Waals surface area (Å²) in [6.07, 6.45) is 0. The lowest BCUT2D eigenvalue weighted by molar-refractivity contribution is -0.121. The van der Waals surface area contributed by atoms with Crippen molar-refractivity contribution >= 4 is 11.6 Å². The summed E-state index contributed by atoms with van der Waals surface area (Å²) in [5.41, 5.74) is 0. The largest absolute Gasteiger partial charge is 0.359 e. The number of likely N-dealkylation sites (N-methyl/N-ethyl adjacent to an activating group) is 1. The Morgan fingerprint density at radius 3 is 1.86 bits per heavy atom. The van der Waals surface area contributed by atoms with Gasteiger partial charge in [0, 0.05) is 0 Å². The Morgan fingerprint density at radius 1 is 1.07 bits per heavy atom. The van der Waals surface area contributed by atoms with Gasteiger partial charge in [-0.1, -0.05) is 0 Å². The van der Waals surface area contributed by atoms with Gasteiger partial charge in [0.15, 0.2) is 5.78 Å². The molecular formula is C9H20N2O3. The Balaban J connectivity index is 0. The summed E-state index contributed by atoms with van der Waals surface area (Å²) < 4.78 is 4.78. The van der Waals surface area contributed by atoms with Crippen LogP contribution >= 0.6 is 0 Å². The maximum Gasteiger partial charge on any atom is 0.155 e. The first-order chi connectivity index (χ1) is 6.54. The Kier molecular flexibility index (Phi) is 13.7. The number of Topliss-reactive ketones (excluding diaryl/α,β-unsaturated/α-hetero) is 2. The molecule has 0 bridgehead atoms. The van der Waals surface area contributed by atoms with E-state index in [1.165, 1.54) is 6.92 Å². The van der Waals surface area contributed by atoms with E-state index in [0.29, 0.717) is 13.3 Å². The molecule has 0 heterocycles. The van der Waals surface area contributed by atoms with Crippen molar-refractivity contribution in [3.8, 4) is 0 Å². The van der Waals surface area contributed by atoms with Gasteiger partial charge in [0.25, 0.3) is 0 Å². The van der Waals surface area contributed by atoms with Crippen LogP contribution in [-0.2, 0) is 14.3 Å². The van der Waals surface area contributed by atoms with Gasteiger partial charge < -0.3 is 10.1 Å². The maximum absolute atomic E-state index is 10.2. The topological polar surface area (TPSA) is 67.4 Å². The number of carbonyl (C=O) groups is 2. The van der Waals surface area contributed by atoms with E-state index in [0.717, 1.165) is 0 Å². The molecule has 0 aliphatic carbocycles. The molecule has 0 spiro atoms. The first-order valence-corrected chi connectivity index (χ1v) is 4.40. The van der Waals surface area contributed by atoms with Gasteiger partial charge >= 0.3 is 0 Å². The molecule has 0 aromatic carbocycles. The molecule has 0 saturated carbocycles. The van der Waals surface area contributed by atoms with Gasteiger partial charge in [0.2, 0.25) is 0 Å². The number of ketones is 2. The average molecular weight is 204 g/mol. The second-order valence-corrected chi connectivity index (χ2v) is 2.78. The number of rotatable bonds is 6. The van der Waals surface area contributed by atoms with Crippen molar-refractivity contribution in [2.45, 2.75) is 13.8 Å². The number of hydrogen-bond donors (Lipinski definition) is 2. The molecule has 0 rings (SSSR count). The number of carbonyl (C=O) groups excluding carboxylic acids is 2. The highest BCUT2D eigenvalue weighted by Crippen LogP contribution is 1.70. The van der Waals surface area contributed by atoms with Crippen molar-refractivity contribution in [3.63, 3.8) is 0 Å². The highest BCUT2D eigenvalue weighted by Gasteiger charge is 1.88. The van der Waals surface area contributed by atoms with E-state index in [1.807, 2.05) is 0 Å². The number of nitrogens with one attached hydrogen (secondary N) is 2. The van der Waals surface area contributed by atoms with Crippen LogP contribution in [0.2, 0.25) is 0 Å². The first-order valence-electron chi connectivity index (χ1n) is 4.40. The number of ether oxygens (including phenoxy) is 1. The highest BCUT2D eigenvalue weighted by atomic mass is 16.5. The monoisotopic (exact) mass is 204 g/mol. The Labute approximate surface area is 85.2 Å². The van der Waals surface area contributed by atoms with E-state index in [1.54, 1.807) is 21.0 Å². The average Bonchev–Trinajstić information content (AvgIpc) is 2.05. The van der Waals surface area contributed by atoms with Crippen LogP contribution in [0.15, 0.2) is 0 Å². The van der Waals surface area contributed by atoms with Crippen LogP contribution in [0.1, 0.15) is 13.8 Å². The lowest BCUT2D eigenvalue weighted by Gasteiger charge is -1.96. The summed E-state index contributed by atoms with van der Waals surface area (Å²) >= 11 is 0. The minimum atomic E-state index is 0.0558. The molecule has 0 aliphatic rings. The lowest BCUT2D eigenvalue weighted by Crippen LogP contribution is -2.15. The Hall–Kier alpha value is -0.780. The van der Waals surface area contributed by atoms with Crippen molar-refractivity contribution in [1.82, 2.24) is 10.6 Å². The fourth-order valence-corrected chi connectivity index (χ4v) is 0.546. The van der Waals surface area contributed by atoms with Crippen molar-refractivity contribution in [2.75, 3.05) is 34.0 Å². The predicted molar refractivity (Wildman–Crippen MR) is 55.2 cm³/mol. The van der Waals surface area contributed by atoms with E-state index < -0.39 is 0 Å². The molecule has 0 aromatic rings. The van der Waals surface area contributed by atoms with Crippen LogP contribution in [0.4, 0.5) is 0 Å². The molecule has 0 fully saturated rings. The van der Waals surface area contributed by atoms with Gasteiger partial charge in [0.05, 0.1) is 13.3 Å². The third-order valence-corrected chi connectivity index (χ3v) is 0.977. The Bertz CT molecular complexity index is 160.